The summed E-state index contributed by atoms with van der Waals surface area (Å²) in [5.74, 6) is 0. The van der Waals surface area contributed by atoms with E-state index in [-0.39, 0.29) is 0 Å². The zero-order valence-electron chi connectivity index (χ0n) is 19.2. The molecule has 0 spiro atoms. The molecule has 1 nitrogen and oxygen atoms in total. The lowest BCUT2D eigenvalue weighted by atomic mass is 9.96. The first kappa shape index (κ1) is 19.8. The molecule has 35 heavy (non-hydrogen) atoms. The van der Waals surface area contributed by atoms with Crippen LogP contribution >= 0.6 is 0 Å². The van der Waals surface area contributed by atoms with Crippen molar-refractivity contribution in [3.63, 3.8) is 0 Å². The number of nitrogens with one attached hydrogen (secondary N) is 1. The zero-order chi connectivity index (χ0) is 23.2. The van der Waals surface area contributed by atoms with Gasteiger partial charge in [0.1, 0.15) is 0 Å². The number of hydrogen-bond donors (Lipinski definition) is 1. The van der Waals surface area contributed by atoms with Crippen LogP contribution in [0.15, 0.2) is 133 Å². The van der Waals surface area contributed by atoms with Gasteiger partial charge in [-0.3, -0.25) is 0 Å². The highest BCUT2D eigenvalue weighted by molar-refractivity contribution is 6.16. The Hall–Kier alpha value is -4.62. The highest BCUT2D eigenvalue weighted by Crippen LogP contribution is 2.48. The maximum Gasteiger partial charge on any atom is 0.0390 e. The summed E-state index contributed by atoms with van der Waals surface area (Å²) in [6.45, 7) is 0. The van der Waals surface area contributed by atoms with Gasteiger partial charge in [0.15, 0.2) is 0 Å². The first-order valence-corrected chi connectivity index (χ1v) is 12.0. The van der Waals surface area contributed by atoms with Gasteiger partial charge in [-0.15, -0.1) is 0 Å². The SMILES string of the molecule is c1ccc(-c2cccc(Nc3cccc(-c4cc5c6c(cccc6c4)-c4ccccc4-5)c3)c2)cc1. The van der Waals surface area contributed by atoms with Crippen molar-refractivity contribution in [2.24, 2.45) is 0 Å². The van der Waals surface area contributed by atoms with Crippen molar-refractivity contribution in [1.29, 1.82) is 0 Å². The summed E-state index contributed by atoms with van der Waals surface area (Å²) < 4.78 is 0. The third-order valence-corrected chi connectivity index (χ3v) is 6.94. The van der Waals surface area contributed by atoms with E-state index in [0.717, 1.165) is 11.4 Å². The minimum Gasteiger partial charge on any atom is -0.355 e. The van der Waals surface area contributed by atoms with Crippen molar-refractivity contribution >= 4 is 22.1 Å². The van der Waals surface area contributed by atoms with Crippen molar-refractivity contribution in [2.45, 2.75) is 0 Å². The summed E-state index contributed by atoms with van der Waals surface area (Å²) in [6, 6.07) is 47.9. The molecule has 1 heteroatoms. The molecule has 1 aliphatic rings. The molecule has 0 saturated heterocycles. The Kier molecular flexibility index (Phi) is 4.53. The Bertz CT molecular complexity index is 1710. The predicted molar refractivity (Wildman–Crippen MR) is 149 cm³/mol. The minimum absolute atomic E-state index is 1.08. The van der Waals surface area contributed by atoms with Gasteiger partial charge in [0, 0.05) is 11.4 Å². The van der Waals surface area contributed by atoms with E-state index in [4.69, 9.17) is 0 Å². The molecule has 164 valence electrons. The van der Waals surface area contributed by atoms with Gasteiger partial charge < -0.3 is 5.32 Å². The van der Waals surface area contributed by atoms with E-state index >= 15 is 0 Å². The molecule has 0 amide bonds. The predicted octanol–water partition coefficient (Wildman–Crippen LogP) is 9.56. The second kappa shape index (κ2) is 8.00. The van der Waals surface area contributed by atoms with E-state index in [2.05, 4.69) is 139 Å². The minimum atomic E-state index is 1.08. The Labute approximate surface area is 205 Å². The lowest BCUT2D eigenvalue weighted by Crippen LogP contribution is -1.91. The number of rotatable bonds is 4. The largest absolute Gasteiger partial charge is 0.355 e. The zero-order valence-corrected chi connectivity index (χ0v) is 19.2. The Balaban J connectivity index is 1.27. The number of hydrogen-bond acceptors (Lipinski definition) is 1. The molecule has 0 aliphatic heterocycles. The second-order valence-electron chi connectivity index (χ2n) is 9.13. The third-order valence-electron chi connectivity index (χ3n) is 6.94. The fourth-order valence-electron chi connectivity index (χ4n) is 5.33. The summed E-state index contributed by atoms with van der Waals surface area (Å²) in [7, 11) is 0. The highest BCUT2D eigenvalue weighted by atomic mass is 14.9. The monoisotopic (exact) mass is 445 g/mol. The molecular weight excluding hydrogens is 422 g/mol. The smallest absolute Gasteiger partial charge is 0.0390 e. The maximum absolute atomic E-state index is 3.62. The lowest BCUT2D eigenvalue weighted by molar-refractivity contribution is 1.53. The first-order valence-electron chi connectivity index (χ1n) is 12.0. The number of anilines is 2. The lowest BCUT2D eigenvalue weighted by Gasteiger charge is -2.12. The van der Waals surface area contributed by atoms with Crippen LogP contribution in [0.5, 0.6) is 0 Å². The average molecular weight is 446 g/mol. The molecule has 0 saturated carbocycles. The quantitative estimate of drug-likeness (QED) is 0.284. The van der Waals surface area contributed by atoms with Crippen LogP contribution < -0.4 is 5.32 Å². The van der Waals surface area contributed by atoms with Crippen molar-refractivity contribution in [2.75, 3.05) is 5.32 Å². The van der Waals surface area contributed by atoms with Crippen LogP contribution in [0.3, 0.4) is 0 Å². The molecule has 0 heterocycles. The molecule has 6 aromatic carbocycles. The number of benzene rings is 6. The van der Waals surface area contributed by atoms with E-state index in [9.17, 15) is 0 Å². The average Bonchev–Trinajstić information content (AvgIpc) is 3.25. The summed E-state index contributed by atoms with van der Waals surface area (Å²) in [6.07, 6.45) is 0. The molecule has 0 fully saturated rings. The Morgan fingerprint density at radius 3 is 1.66 bits per heavy atom. The van der Waals surface area contributed by atoms with Crippen LogP contribution in [-0.4, -0.2) is 0 Å². The van der Waals surface area contributed by atoms with E-state index in [1.165, 1.54) is 55.3 Å². The summed E-state index contributed by atoms with van der Waals surface area (Å²) >= 11 is 0. The molecule has 0 atom stereocenters. The van der Waals surface area contributed by atoms with Crippen LogP contribution in [0.1, 0.15) is 0 Å². The molecule has 1 N–H and O–H groups in total. The maximum atomic E-state index is 3.62. The van der Waals surface area contributed by atoms with Crippen LogP contribution in [0.25, 0.3) is 55.3 Å². The standard InChI is InChI=1S/C34H23N/c1-2-9-23(10-3-1)24-11-6-14-28(20-24)35-29-15-7-12-25(21-29)27-19-26-13-8-18-32-30-16-4-5-17-31(30)33(22-27)34(26)32/h1-22,35H. The van der Waals surface area contributed by atoms with Gasteiger partial charge >= 0.3 is 0 Å². The Morgan fingerprint density at radius 2 is 0.914 bits per heavy atom. The topological polar surface area (TPSA) is 12.0 Å². The van der Waals surface area contributed by atoms with Gasteiger partial charge in [-0.2, -0.15) is 0 Å². The molecule has 0 radical (unpaired) electrons. The van der Waals surface area contributed by atoms with Gasteiger partial charge in [0.2, 0.25) is 0 Å². The van der Waals surface area contributed by atoms with Crippen molar-refractivity contribution in [3.05, 3.63) is 133 Å². The summed E-state index contributed by atoms with van der Waals surface area (Å²) in [5, 5.41) is 6.27. The molecule has 6 aromatic rings. The normalized spacial score (nSPS) is 11.4. The van der Waals surface area contributed by atoms with Crippen molar-refractivity contribution < 1.29 is 0 Å². The van der Waals surface area contributed by atoms with Gasteiger partial charge in [0.25, 0.3) is 0 Å². The van der Waals surface area contributed by atoms with Crippen LogP contribution in [0.4, 0.5) is 11.4 Å². The Morgan fingerprint density at radius 1 is 0.343 bits per heavy atom. The van der Waals surface area contributed by atoms with E-state index in [1.54, 1.807) is 0 Å². The second-order valence-corrected chi connectivity index (χ2v) is 9.13. The van der Waals surface area contributed by atoms with Crippen LogP contribution in [0, 0.1) is 0 Å². The summed E-state index contributed by atoms with van der Waals surface area (Å²) in [5.41, 5.74) is 12.4. The van der Waals surface area contributed by atoms with E-state index < -0.39 is 0 Å². The molecule has 0 bridgehead atoms. The van der Waals surface area contributed by atoms with Crippen molar-refractivity contribution in [1.82, 2.24) is 0 Å². The molecular formula is C34H23N. The van der Waals surface area contributed by atoms with Crippen LogP contribution in [0.2, 0.25) is 0 Å². The van der Waals surface area contributed by atoms with Gasteiger partial charge in [-0.1, -0.05) is 97.1 Å². The fraction of sp³-hybridized carbons (Fsp3) is 0. The first-order chi connectivity index (χ1) is 17.3. The van der Waals surface area contributed by atoms with E-state index in [1.807, 2.05) is 0 Å². The highest BCUT2D eigenvalue weighted by Gasteiger charge is 2.21. The molecule has 0 unspecified atom stereocenters. The van der Waals surface area contributed by atoms with Crippen LogP contribution in [-0.2, 0) is 0 Å². The fourth-order valence-corrected chi connectivity index (χ4v) is 5.33. The van der Waals surface area contributed by atoms with Gasteiger partial charge in [0.05, 0.1) is 0 Å². The van der Waals surface area contributed by atoms with E-state index in [0.29, 0.717) is 0 Å². The third kappa shape index (κ3) is 3.41. The van der Waals surface area contributed by atoms with Gasteiger partial charge in [-0.25, -0.2) is 0 Å². The van der Waals surface area contributed by atoms with Crippen molar-refractivity contribution in [3.8, 4) is 44.5 Å². The number of fused-ring (bicyclic) bond motifs is 3. The van der Waals surface area contributed by atoms with Gasteiger partial charge in [-0.05, 0) is 91.7 Å². The molecule has 1 aliphatic carbocycles. The summed E-state index contributed by atoms with van der Waals surface area (Å²) in [4.78, 5) is 0. The molecule has 0 aromatic heterocycles. The molecule has 7 rings (SSSR count).